The normalized spacial score (nSPS) is 14.9. The number of carbonyl (C=O) groups excluding carboxylic acids is 1. The fourth-order valence-electron chi connectivity index (χ4n) is 2.05. The van der Waals surface area contributed by atoms with E-state index in [1.165, 1.54) is 24.2 Å². The minimum Gasteiger partial charge on any atom is -0.397 e. The number of hydrogen-bond donors (Lipinski definition) is 1. The van der Waals surface area contributed by atoms with Crippen molar-refractivity contribution in [3.05, 3.63) is 23.2 Å². The van der Waals surface area contributed by atoms with Crippen molar-refractivity contribution < 1.29 is 4.79 Å². The SMILES string of the molecule is CN(CC1CC1)C(=O)c1sc2ncccc2c1N. The van der Waals surface area contributed by atoms with Gasteiger partial charge in [-0.2, -0.15) is 0 Å². The molecule has 1 fully saturated rings. The Balaban J connectivity index is 1.92. The minimum atomic E-state index is 0.0161. The van der Waals surface area contributed by atoms with E-state index >= 15 is 0 Å². The van der Waals surface area contributed by atoms with Gasteiger partial charge in [-0.05, 0) is 30.9 Å². The summed E-state index contributed by atoms with van der Waals surface area (Å²) < 4.78 is 0. The smallest absolute Gasteiger partial charge is 0.265 e. The Morgan fingerprint density at radius 1 is 1.61 bits per heavy atom. The summed E-state index contributed by atoms with van der Waals surface area (Å²) in [6.45, 7) is 0.833. The Morgan fingerprint density at radius 2 is 2.39 bits per heavy atom. The van der Waals surface area contributed by atoms with E-state index in [0.717, 1.165) is 16.8 Å². The van der Waals surface area contributed by atoms with Crippen molar-refractivity contribution in [1.29, 1.82) is 0 Å². The van der Waals surface area contributed by atoms with E-state index < -0.39 is 0 Å². The van der Waals surface area contributed by atoms with Crippen LogP contribution in [-0.4, -0.2) is 29.4 Å². The second-order valence-electron chi connectivity index (χ2n) is 4.83. The van der Waals surface area contributed by atoms with E-state index in [4.69, 9.17) is 5.73 Å². The average Bonchev–Trinajstić information content (AvgIpc) is 3.12. The fourth-order valence-corrected chi connectivity index (χ4v) is 3.11. The molecule has 0 atom stereocenters. The molecule has 0 bridgehead atoms. The van der Waals surface area contributed by atoms with E-state index in [1.807, 2.05) is 19.2 Å². The first-order chi connectivity index (χ1) is 8.66. The van der Waals surface area contributed by atoms with Gasteiger partial charge in [-0.15, -0.1) is 11.3 Å². The molecule has 5 heteroatoms. The molecular formula is C13H15N3OS. The number of fused-ring (bicyclic) bond motifs is 1. The van der Waals surface area contributed by atoms with Crippen LogP contribution in [0.5, 0.6) is 0 Å². The van der Waals surface area contributed by atoms with Crippen LogP contribution in [0.2, 0.25) is 0 Å². The van der Waals surface area contributed by atoms with Gasteiger partial charge < -0.3 is 10.6 Å². The zero-order valence-electron chi connectivity index (χ0n) is 10.2. The third-order valence-corrected chi connectivity index (χ3v) is 4.39. The first kappa shape index (κ1) is 11.5. The van der Waals surface area contributed by atoms with E-state index in [0.29, 0.717) is 16.5 Å². The molecule has 2 N–H and O–H groups in total. The highest BCUT2D eigenvalue weighted by molar-refractivity contribution is 7.21. The zero-order chi connectivity index (χ0) is 12.7. The molecule has 1 saturated carbocycles. The Bertz CT molecular complexity index is 603. The van der Waals surface area contributed by atoms with Crippen LogP contribution in [0.15, 0.2) is 18.3 Å². The lowest BCUT2D eigenvalue weighted by atomic mass is 10.2. The quantitative estimate of drug-likeness (QED) is 0.922. The molecule has 2 aromatic rings. The number of rotatable bonds is 3. The molecule has 94 valence electrons. The molecule has 0 aliphatic heterocycles. The van der Waals surface area contributed by atoms with Gasteiger partial charge in [-0.3, -0.25) is 4.79 Å². The first-order valence-corrected chi connectivity index (χ1v) is 6.87. The summed E-state index contributed by atoms with van der Waals surface area (Å²) in [5.74, 6) is 0.704. The highest BCUT2D eigenvalue weighted by Crippen LogP contribution is 2.34. The number of nitrogens with two attached hydrogens (primary N) is 1. The lowest BCUT2D eigenvalue weighted by Gasteiger charge is -2.15. The highest BCUT2D eigenvalue weighted by Gasteiger charge is 2.27. The molecule has 1 aliphatic rings. The van der Waals surface area contributed by atoms with E-state index in [2.05, 4.69) is 4.98 Å². The van der Waals surface area contributed by atoms with Crippen LogP contribution in [0.3, 0.4) is 0 Å². The zero-order valence-corrected chi connectivity index (χ0v) is 11.0. The predicted octanol–water partition coefficient (Wildman–Crippen LogP) is 2.36. The maximum atomic E-state index is 12.3. The van der Waals surface area contributed by atoms with Gasteiger partial charge in [0.05, 0.1) is 5.69 Å². The molecule has 4 nitrogen and oxygen atoms in total. The maximum absolute atomic E-state index is 12.3. The Morgan fingerprint density at radius 3 is 3.06 bits per heavy atom. The van der Waals surface area contributed by atoms with Crippen molar-refractivity contribution >= 4 is 33.1 Å². The van der Waals surface area contributed by atoms with Crippen molar-refractivity contribution in [1.82, 2.24) is 9.88 Å². The van der Waals surface area contributed by atoms with E-state index in [1.54, 1.807) is 11.1 Å². The standard InChI is InChI=1S/C13H15N3OS/c1-16(7-8-4-5-8)13(17)11-10(14)9-3-2-6-15-12(9)18-11/h2-3,6,8H,4-5,7,14H2,1H3. The highest BCUT2D eigenvalue weighted by atomic mass is 32.1. The number of nitrogens with zero attached hydrogens (tertiary/aromatic N) is 2. The largest absolute Gasteiger partial charge is 0.397 e. The molecule has 0 unspecified atom stereocenters. The van der Waals surface area contributed by atoms with Gasteiger partial charge in [-0.25, -0.2) is 4.98 Å². The van der Waals surface area contributed by atoms with Crippen LogP contribution in [0.25, 0.3) is 10.2 Å². The molecule has 0 radical (unpaired) electrons. The lowest BCUT2D eigenvalue weighted by Crippen LogP contribution is -2.28. The third kappa shape index (κ3) is 1.95. The summed E-state index contributed by atoms with van der Waals surface area (Å²) in [5, 5.41) is 0.880. The van der Waals surface area contributed by atoms with Gasteiger partial charge in [-0.1, -0.05) is 0 Å². The van der Waals surface area contributed by atoms with Crippen LogP contribution >= 0.6 is 11.3 Å². The lowest BCUT2D eigenvalue weighted by molar-refractivity contribution is 0.0794. The predicted molar refractivity (Wildman–Crippen MR) is 73.7 cm³/mol. The summed E-state index contributed by atoms with van der Waals surface area (Å²) in [5.41, 5.74) is 6.61. The molecule has 3 rings (SSSR count). The van der Waals surface area contributed by atoms with Crippen molar-refractivity contribution in [2.24, 2.45) is 5.92 Å². The molecule has 0 spiro atoms. The van der Waals surface area contributed by atoms with Gasteiger partial charge >= 0.3 is 0 Å². The van der Waals surface area contributed by atoms with Crippen LogP contribution in [0.4, 0.5) is 5.69 Å². The summed E-state index contributed by atoms with van der Waals surface area (Å²) in [4.78, 5) is 19.8. The second kappa shape index (κ2) is 4.24. The van der Waals surface area contributed by atoms with Crippen molar-refractivity contribution in [2.45, 2.75) is 12.8 Å². The Hall–Kier alpha value is -1.62. The number of nitrogen functional groups attached to an aromatic ring is 1. The number of carbonyl (C=O) groups is 1. The number of aromatic nitrogens is 1. The van der Waals surface area contributed by atoms with Gasteiger partial charge in [0.1, 0.15) is 9.71 Å². The molecular weight excluding hydrogens is 246 g/mol. The summed E-state index contributed by atoms with van der Waals surface area (Å²) in [6.07, 6.45) is 4.20. The number of anilines is 1. The van der Waals surface area contributed by atoms with Crippen molar-refractivity contribution in [2.75, 3.05) is 19.3 Å². The first-order valence-electron chi connectivity index (χ1n) is 6.05. The van der Waals surface area contributed by atoms with Crippen LogP contribution in [0.1, 0.15) is 22.5 Å². The fraction of sp³-hybridized carbons (Fsp3) is 0.385. The molecule has 2 heterocycles. The number of pyridine rings is 1. The molecule has 1 amide bonds. The Kier molecular flexibility index (Phi) is 2.70. The van der Waals surface area contributed by atoms with Crippen molar-refractivity contribution in [3.8, 4) is 0 Å². The van der Waals surface area contributed by atoms with Crippen LogP contribution in [0, 0.1) is 5.92 Å². The van der Waals surface area contributed by atoms with E-state index in [9.17, 15) is 4.79 Å². The molecule has 0 aromatic carbocycles. The number of hydrogen-bond acceptors (Lipinski definition) is 4. The summed E-state index contributed by atoms with van der Waals surface area (Å²) in [7, 11) is 1.85. The van der Waals surface area contributed by atoms with Gasteiger partial charge in [0, 0.05) is 25.2 Å². The van der Waals surface area contributed by atoms with Crippen molar-refractivity contribution in [3.63, 3.8) is 0 Å². The minimum absolute atomic E-state index is 0.0161. The second-order valence-corrected chi connectivity index (χ2v) is 5.83. The topological polar surface area (TPSA) is 59.2 Å². The number of amides is 1. The summed E-state index contributed by atoms with van der Waals surface area (Å²) in [6, 6.07) is 3.75. The maximum Gasteiger partial charge on any atom is 0.265 e. The van der Waals surface area contributed by atoms with Gasteiger partial charge in [0.15, 0.2) is 0 Å². The van der Waals surface area contributed by atoms with Crippen LogP contribution < -0.4 is 5.73 Å². The summed E-state index contributed by atoms with van der Waals surface area (Å²) >= 11 is 1.38. The van der Waals surface area contributed by atoms with E-state index in [-0.39, 0.29) is 5.91 Å². The molecule has 18 heavy (non-hydrogen) atoms. The third-order valence-electron chi connectivity index (χ3n) is 3.27. The van der Waals surface area contributed by atoms with Gasteiger partial charge in [0.2, 0.25) is 0 Å². The number of thiophene rings is 1. The average molecular weight is 261 g/mol. The Labute approximate surface area is 109 Å². The van der Waals surface area contributed by atoms with Gasteiger partial charge in [0.25, 0.3) is 5.91 Å². The molecule has 0 saturated heterocycles. The monoisotopic (exact) mass is 261 g/mol. The molecule has 2 aromatic heterocycles. The molecule has 1 aliphatic carbocycles. The van der Waals surface area contributed by atoms with Crippen LogP contribution in [-0.2, 0) is 0 Å².